The van der Waals surface area contributed by atoms with Gasteiger partial charge in [0.1, 0.15) is 0 Å². The zero-order chi connectivity index (χ0) is 20.2. The molecule has 2 aliphatic carbocycles. The molecule has 4 N–H and O–H groups in total. The van der Waals surface area contributed by atoms with Crippen LogP contribution in [0.2, 0.25) is 0 Å². The van der Waals surface area contributed by atoms with Crippen LogP contribution >= 0.6 is 24.8 Å². The maximum Gasteiger partial charge on any atom is 0.251 e. The summed E-state index contributed by atoms with van der Waals surface area (Å²) in [6, 6.07) is 7.62. The summed E-state index contributed by atoms with van der Waals surface area (Å²) in [5, 5.41) is 6.14. The van der Waals surface area contributed by atoms with E-state index in [-0.39, 0.29) is 48.7 Å². The Bertz CT molecular complexity index is 847. The van der Waals surface area contributed by atoms with E-state index in [9.17, 15) is 9.59 Å². The number of anilines is 1. The molecule has 0 radical (unpaired) electrons. The molecule has 31 heavy (non-hydrogen) atoms. The molecule has 2 atom stereocenters. The molecule has 1 aromatic heterocycles. The van der Waals surface area contributed by atoms with Crippen molar-refractivity contribution < 1.29 is 9.59 Å². The number of rotatable bonds is 6. The molecule has 1 aromatic carbocycles. The Balaban J connectivity index is 0.00000171. The Morgan fingerprint density at radius 3 is 2.58 bits per heavy atom. The van der Waals surface area contributed by atoms with Crippen molar-refractivity contribution in [3.05, 3.63) is 48.5 Å². The lowest BCUT2D eigenvalue weighted by atomic mass is 9.67. The number of aryl methyl sites for hydroxylation is 1. The van der Waals surface area contributed by atoms with Crippen LogP contribution in [0.5, 0.6) is 0 Å². The monoisotopic (exact) mass is 467 g/mol. The third kappa shape index (κ3) is 6.45. The number of carbonyl (C=O) groups excluding carboxylic acids is 2. The minimum atomic E-state index is -0.0907. The first kappa shape index (κ1) is 25.2. The van der Waals surface area contributed by atoms with Crippen LogP contribution in [-0.2, 0) is 11.3 Å². The molecule has 2 bridgehead atoms. The molecule has 9 heteroatoms. The van der Waals surface area contributed by atoms with Crippen LogP contribution in [0, 0.1) is 11.8 Å². The number of nitrogens with one attached hydrogen (secondary N) is 2. The van der Waals surface area contributed by atoms with Crippen molar-refractivity contribution in [1.82, 2.24) is 14.9 Å². The maximum absolute atomic E-state index is 12.9. The largest absolute Gasteiger partial charge is 0.349 e. The van der Waals surface area contributed by atoms with Gasteiger partial charge in [0.2, 0.25) is 5.91 Å². The number of hydrogen-bond donors (Lipinski definition) is 3. The lowest BCUT2D eigenvalue weighted by Gasteiger charge is -2.45. The number of nitrogens with zero attached hydrogens (tertiary/aromatic N) is 2. The summed E-state index contributed by atoms with van der Waals surface area (Å²) in [4.78, 5) is 29.1. The molecule has 2 saturated carbocycles. The second kappa shape index (κ2) is 11.5. The first-order valence-corrected chi connectivity index (χ1v) is 10.5. The zero-order valence-electron chi connectivity index (χ0n) is 17.4. The highest BCUT2D eigenvalue weighted by atomic mass is 35.5. The fraction of sp³-hybridized carbons (Fsp3) is 0.500. The standard InChI is InChI=1S/C22H29N5O2.2ClH/c23-18-11-15-3-1-4-16(12-18)21(15)26-22(29)17-5-2-6-19(13-17)25-20(28)7-9-27-10-8-24-14-27;;/h2,5-6,8,10,13-16,18,21H,1,3-4,7,9,11-12,23H2,(H,25,28)(H,26,29);2*1H. The van der Waals surface area contributed by atoms with Gasteiger partial charge >= 0.3 is 0 Å². The average Bonchev–Trinajstić information content (AvgIpc) is 3.21. The molecular weight excluding hydrogens is 437 g/mol. The van der Waals surface area contributed by atoms with Crippen molar-refractivity contribution in [2.75, 3.05) is 5.32 Å². The van der Waals surface area contributed by atoms with E-state index < -0.39 is 0 Å². The van der Waals surface area contributed by atoms with Crippen molar-refractivity contribution in [3.8, 4) is 0 Å². The van der Waals surface area contributed by atoms with Gasteiger partial charge in [-0.25, -0.2) is 4.98 Å². The van der Waals surface area contributed by atoms with Gasteiger partial charge in [-0.1, -0.05) is 12.5 Å². The van der Waals surface area contributed by atoms with Gasteiger partial charge in [0.15, 0.2) is 0 Å². The predicted octanol–water partition coefficient (Wildman–Crippen LogP) is 3.39. The van der Waals surface area contributed by atoms with Gasteiger partial charge in [-0.15, -0.1) is 24.8 Å². The van der Waals surface area contributed by atoms with Crippen LogP contribution < -0.4 is 16.4 Å². The van der Waals surface area contributed by atoms with Crippen LogP contribution in [0.15, 0.2) is 43.0 Å². The predicted molar refractivity (Wildman–Crippen MR) is 126 cm³/mol. The van der Waals surface area contributed by atoms with Gasteiger partial charge in [-0.2, -0.15) is 0 Å². The Hall–Kier alpha value is -2.09. The molecule has 170 valence electrons. The summed E-state index contributed by atoms with van der Waals surface area (Å²) in [7, 11) is 0. The summed E-state index contributed by atoms with van der Waals surface area (Å²) >= 11 is 0. The number of nitrogens with two attached hydrogens (primary N) is 1. The number of benzene rings is 1. The quantitative estimate of drug-likeness (QED) is 0.605. The normalized spacial score (nSPS) is 24.3. The van der Waals surface area contributed by atoms with E-state index in [0.717, 1.165) is 25.7 Å². The Kier molecular flexibility index (Phi) is 9.34. The molecule has 2 amide bonds. The van der Waals surface area contributed by atoms with Crippen LogP contribution in [0.4, 0.5) is 5.69 Å². The molecule has 1 heterocycles. The highest BCUT2D eigenvalue weighted by Gasteiger charge is 2.39. The number of amides is 2. The molecule has 0 spiro atoms. The number of carbonyl (C=O) groups is 2. The smallest absolute Gasteiger partial charge is 0.251 e. The summed E-state index contributed by atoms with van der Waals surface area (Å²) in [5.41, 5.74) is 7.41. The van der Waals surface area contributed by atoms with Gasteiger partial charge in [-0.05, 0) is 55.7 Å². The summed E-state index contributed by atoms with van der Waals surface area (Å²) in [6.07, 6.45) is 11.0. The van der Waals surface area contributed by atoms with Crippen LogP contribution in [0.25, 0.3) is 0 Å². The van der Waals surface area contributed by atoms with Crippen molar-refractivity contribution >= 4 is 42.3 Å². The van der Waals surface area contributed by atoms with Crippen LogP contribution in [0.1, 0.15) is 48.9 Å². The maximum atomic E-state index is 12.9. The van der Waals surface area contributed by atoms with E-state index in [0.29, 0.717) is 36.1 Å². The highest BCUT2D eigenvalue weighted by Crippen LogP contribution is 2.39. The number of imidazole rings is 1. The van der Waals surface area contributed by atoms with Gasteiger partial charge in [0.05, 0.1) is 6.33 Å². The SMILES string of the molecule is Cl.Cl.NC1CC2CCCC(C1)C2NC(=O)c1cccc(NC(=O)CCn2ccnc2)c1. The fourth-order valence-corrected chi connectivity index (χ4v) is 4.87. The first-order valence-electron chi connectivity index (χ1n) is 10.5. The van der Waals surface area contributed by atoms with E-state index in [4.69, 9.17) is 5.73 Å². The topological polar surface area (TPSA) is 102 Å². The van der Waals surface area contributed by atoms with Crippen molar-refractivity contribution in [2.24, 2.45) is 17.6 Å². The van der Waals surface area contributed by atoms with E-state index >= 15 is 0 Å². The molecule has 2 unspecified atom stereocenters. The van der Waals surface area contributed by atoms with Crippen LogP contribution in [0.3, 0.4) is 0 Å². The molecule has 0 aliphatic heterocycles. The zero-order valence-corrected chi connectivity index (χ0v) is 19.0. The Morgan fingerprint density at radius 2 is 1.90 bits per heavy atom. The van der Waals surface area contributed by atoms with Crippen molar-refractivity contribution in [3.63, 3.8) is 0 Å². The second-order valence-electron chi connectivity index (χ2n) is 8.36. The van der Waals surface area contributed by atoms with Crippen molar-refractivity contribution in [2.45, 2.75) is 57.2 Å². The third-order valence-corrected chi connectivity index (χ3v) is 6.24. The molecule has 7 nitrogen and oxygen atoms in total. The molecule has 4 rings (SSSR count). The van der Waals surface area contributed by atoms with Crippen LogP contribution in [-0.4, -0.2) is 33.4 Å². The third-order valence-electron chi connectivity index (χ3n) is 6.24. The first-order chi connectivity index (χ1) is 14.1. The number of hydrogen-bond acceptors (Lipinski definition) is 4. The Labute approximate surface area is 195 Å². The minimum absolute atomic E-state index is 0. The molecule has 2 aliphatic rings. The average molecular weight is 468 g/mol. The molecule has 2 aromatic rings. The number of halogens is 2. The van der Waals surface area contributed by atoms with E-state index in [1.54, 1.807) is 36.8 Å². The second-order valence-corrected chi connectivity index (χ2v) is 8.36. The number of aromatic nitrogens is 2. The summed E-state index contributed by atoms with van der Waals surface area (Å²) in [6.45, 7) is 0.568. The van der Waals surface area contributed by atoms with E-state index in [2.05, 4.69) is 15.6 Å². The van der Waals surface area contributed by atoms with Gasteiger partial charge in [-0.3, -0.25) is 9.59 Å². The lowest BCUT2D eigenvalue weighted by Crippen LogP contribution is -2.53. The lowest BCUT2D eigenvalue weighted by molar-refractivity contribution is -0.116. The Morgan fingerprint density at radius 1 is 1.16 bits per heavy atom. The molecule has 0 saturated heterocycles. The van der Waals surface area contributed by atoms with E-state index in [1.807, 2.05) is 10.8 Å². The highest BCUT2D eigenvalue weighted by molar-refractivity contribution is 5.97. The fourth-order valence-electron chi connectivity index (χ4n) is 4.87. The summed E-state index contributed by atoms with van der Waals surface area (Å²) in [5.74, 6) is 0.795. The summed E-state index contributed by atoms with van der Waals surface area (Å²) < 4.78 is 1.86. The number of fused-ring (bicyclic) bond motifs is 2. The molecule has 2 fully saturated rings. The van der Waals surface area contributed by atoms with E-state index in [1.165, 1.54) is 6.42 Å². The van der Waals surface area contributed by atoms with Gasteiger partial charge in [0.25, 0.3) is 5.91 Å². The van der Waals surface area contributed by atoms with Gasteiger partial charge < -0.3 is 20.9 Å². The molecular formula is C22H31Cl2N5O2. The van der Waals surface area contributed by atoms with Crippen molar-refractivity contribution in [1.29, 1.82) is 0 Å². The minimum Gasteiger partial charge on any atom is -0.349 e. The van der Waals surface area contributed by atoms with Gasteiger partial charge in [0, 0.05) is 48.7 Å².